The Morgan fingerprint density at radius 3 is 1.94 bits per heavy atom. The van der Waals surface area contributed by atoms with Gasteiger partial charge in [0.2, 0.25) is 0 Å². The number of para-hydroxylation sites is 1. The Hall–Kier alpha value is -2.60. The molecule has 0 saturated carbocycles. The molecule has 0 unspecified atom stereocenters. The Morgan fingerprint density at radius 2 is 1.38 bits per heavy atom. The van der Waals surface area contributed by atoms with E-state index in [0.717, 1.165) is 24.2 Å². The fourth-order valence-corrected chi connectivity index (χ4v) is 7.04. The highest BCUT2D eigenvalue weighted by Gasteiger charge is 2.29. The zero-order valence-electron chi connectivity index (χ0n) is 21.4. The third-order valence-corrected chi connectivity index (χ3v) is 9.72. The van der Waals surface area contributed by atoms with Crippen LogP contribution in [-0.4, -0.2) is 40.3 Å². The molecule has 2 aromatic rings. The van der Waals surface area contributed by atoms with Gasteiger partial charge in [-0.3, -0.25) is 9.59 Å². The van der Waals surface area contributed by atoms with Crippen molar-refractivity contribution in [3.05, 3.63) is 59.7 Å². The number of hydrogen-bond acceptors (Lipinski definition) is 5. The minimum Gasteiger partial charge on any atom is -0.497 e. The number of carbonyl (C=O) groups is 2. The van der Waals surface area contributed by atoms with Gasteiger partial charge >= 0.3 is 11.9 Å². The Kier molecular flexibility index (Phi) is 11.3. The molecule has 0 saturated heterocycles. The number of hydrogen-bond donors (Lipinski definition) is 0. The molecule has 0 aliphatic carbocycles. The Labute approximate surface area is 205 Å². The fraction of sp³-hybridized carbons (Fsp3) is 0.500. The van der Waals surface area contributed by atoms with Crippen molar-refractivity contribution in [2.24, 2.45) is 5.92 Å². The van der Waals surface area contributed by atoms with Crippen molar-refractivity contribution in [2.45, 2.75) is 65.1 Å². The van der Waals surface area contributed by atoms with Gasteiger partial charge in [-0.15, -0.1) is 0 Å². The summed E-state index contributed by atoms with van der Waals surface area (Å²) in [7, 11) is 0.206. The summed E-state index contributed by atoms with van der Waals surface area (Å²) in [6.45, 7) is 8.81. The first-order chi connectivity index (χ1) is 16.3. The summed E-state index contributed by atoms with van der Waals surface area (Å²) in [4.78, 5) is 24.3. The summed E-state index contributed by atoms with van der Waals surface area (Å²) in [5.74, 6) is -0.854. The Morgan fingerprint density at radius 1 is 0.824 bits per heavy atom. The first-order valence-electron chi connectivity index (χ1n) is 12.4. The van der Waals surface area contributed by atoms with Crippen LogP contribution in [0.1, 0.15) is 44.2 Å². The van der Waals surface area contributed by atoms with Crippen LogP contribution >= 0.6 is 0 Å². The summed E-state index contributed by atoms with van der Waals surface area (Å²) in [5, 5.41) is 1.39. The summed E-state index contributed by atoms with van der Waals surface area (Å²) < 4.78 is 15.7. The lowest BCUT2D eigenvalue weighted by molar-refractivity contribution is -0.161. The van der Waals surface area contributed by atoms with Gasteiger partial charge in [-0.25, -0.2) is 0 Å². The number of ether oxygens (including phenoxy) is 3. The molecule has 5 nitrogen and oxygen atoms in total. The predicted molar refractivity (Wildman–Crippen MR) is 139 cm³/mol. The Bertz CT molecular complexity index is 889. The number of carbonyl (C=O) groups excluding carboxylic acids is 2. The molecule has 0 aliphatic rings. The average molecular weight is 485 g/mol. The number of methoxy groups -OCH3 is 1. The second-order valence-corrected chi connectivity index (χ2v) is 14.0. The van der Waals surface area contributed by atoms with Crippen molar-refractivity contribution in [1.82, 2.24) is 0 Å². The highest BCUT2D eigenvalue weighted by molar-refractivity contribution is 6.90. The number of aryl methyl sites for hydroxylation is 2. The summed E-state index contributed by atoms with van der Waals surface area (Å²) in [5.41, 5.74) is 2.42. The molecule has 0 amide bonds. The molecule has 0 heterocycles. The quantitative estimate of drug-likeness (QED) is 0.157. The third kappa shape index (κ3) is 8.31. The largest absolute Gasteiger partial charge is 0.497 e. The molecule has 0 radical (unpaired) electrons. The molecule has 2 aromatic carbocycles. The topological polar surface area (TPSA) is 61.8 Å². The first-order valence-corrected chi connectivity index (χ1v) is 15.6. The van der Waals surface area contributed by atoms with Gasteiger partial charge in [-0.2, -0.15) is 0 Å². The van der Waals surface area contributed by atoms with Gasteiger partial charge < -0.3 is 14.2 Å². The van der Waals surface area contributed by atoms with E-state index < -0.39 is 25.9 Å². The highest BCUT2D eigenvalue weighted by Crippen LogP contribution is 2.21. The van der Waals surface area contributed by atoms with Crippen LogP contribution in [0.5, 0.6) is 5.75 Å². The zero-order chi connectivity index (χ0) is 25.0. The van der Waals surface area contributed by atoms with Gasteiger partial charge in [-0.1, -0.05) is 68.0 Å². The van der Waals surface area contributed by atoms with E-state index in [4.69, 9.17) is 14.2 Å². The van der Waals surface area contributed by atoms with Crippen molar-refractivity contribution in [3.63, 3.8) is 0 Å². The molecule has 0 fully saturated rings. The zero-order valence-corrected chi connectivity index (χ0v) is 22.4. The molecule has 34 heavy (non-hydrogen) atoms. The minimum atomic E-state index is -1.55. The van der Waals surface area contributed by atoms with E-state index >= 15 is 0 Å². The maximum Gasteiger partial charge on any atom is 0.320 e. The van der Waals surface area contributed by atoms with E-state index in [1.165, 1.54) is 23.2 Å². The van der Waals surface area contributed by atoms with Crippen LogP contribution in [0.2, 0.25) is 19.1 Å². The summed E-state index contributed by atoms with van der Waals surface area (Å²) in [6, 6.07) is 18.1. The van der Waals surface area contributed by atoms with E-state index in [1.807, 2.05) is 6.07 Å². The van der Waals surface area contributed by atoms with Gasteiger partial charge in [0.25, 0.3) is 0 Å². The second-order valence-electron chi connectivity index (χ2n) is 9.20. The molecule has 186 valence electrons. The predicted octanol–water partition coefficient (Wildman–Crippen LogP) is 5.31. The molecule has 2 rings (SSSR count). The summed E-state index contributed by atoms with van der Waals surface area (Å²) in [6.07, 6.45) is 4.41. The lowest BCUT2D eigenvalue weighted by Gasteiger charge is -2.25. The van der Waals surface area contributed by atoms with Crippen LogP contribution in [0.25, 0.3) is 0 Å². The standard InChI is InChI=1S/C28H40O5Si/c1-6-32-27(29)24(28(30)33-7-2)20-19-23-17-15-22(16-18-23)12-10-11-21-34(4,5)26-14-9-8-13-25(26)31-3/h8-9,13-18,24H,6-7,10-12,19-21H2,1-5H3. The molecule has 0 aliphatic heterocycles. The van der Waals surface area contributed by atoms with E-state index in [1.54, 1.807) is 21.0 Å². The monoisotopic (exact) mass is 484 g/mol. The third-order valence-electron chi connectivity index (χ3n) is 6.24. The molecular formula is C28H40O5Si. The van der Waals surface area contributed by atoms with Crippen LogP contribution in [-0.2, 0) is 31.9 Å². The van der Waals surface area contributed by atoms with E-state index in [0.29, 0.717) is 12.8 Å². The fourth-order valence-electron chi connectivity index (χ4n) is 4.24. The normalized spacial score (nSPS) is 11.4. The van der Waals surface area contributed by atoms with Crippen LogP contribution in [0.4, 0.5) is 0 Å². The molecule has 6 heteroatoms. The van der Waals surface area contributed by atoms with Crippen LogP contribution in [0, 0.1) is 5.92 Å². The van der Waals surface area contributed by atoms with Gasteiger partial charge in [0.05, 0.1) is 28.4 Å². The van der Waals surface area contributed by atoms with Gasteiger partial charge in [0.15, 0.2) is 5.92 Å². The van der Waals surface area contributed by atoms with Crippen molar-refractivity contribution in [1.29, 1.82) is 0 Å². The van der Waals surface area contributed by atoms with Crippen LogP contribution in [0.15, 0.2) is 48.5 Å². The lowest BCUT2D eigenvalue weighted by Crippen LogP contribution is -2.41. The maximum atomic E-state index is 12.2. The van der Waals surface area contributed by atoms with Gasteiger partial charge in [0.1, 0.15) is 5.75 Å². The Balaban J connectivity index is 1.84. The summed E-state index contributed by atoms with van der Waals surface area (Å²) >= 11 is 0. The average Bonchev–Trinajstić information content (AvgIpc) is 2.83. The molecular weight excluding hydrogens is 444 g/mol. The van der Waals surface area contributed by atoms with Crippen molar-refractivity contribution in [2.75, 3.05) is 20.3 Å². The number of esters is 2. The smallest absolute Gasteiger partial charge is 0.320 e. The molecule has 0 bridgehead atoms. The van der Waals surface area contributed by atoms with E-state index in [2.05, 4.69) is 55.6 Å². The van der Waals surface area contributed by atoms with E-state index in [9.17, 15) is 9.59 Å². The SMILES string of the molecule is CCOC(=O)C(CCc1ccc(CCCC[Si](C)(C)c2ccccc2OC)cc1)C(=O)OCC. The molecule has 0 N–H and O–H groups in total. The van der Waals surface area contributed by atoms with Gasteiger partial charge in [0, 0.05) is 0 Å². The number of unbranched alkanes of at least 4 members (excludes halogenated alkanes) is 1. The van der Waals surface area contributed by atoms with Crippen LogP contribution < -0.4 is 9.92 Å². The van der Waals surface area contributed by atoms with Gasteiger partial charge in [-0.05, 0) is 61.9 Å². The van der Waals surface area contributed by atoms with Crippen molar-refractivity contribution < 1.29 is 23.8 Å². The van der Waals surface area contributed by atoms with E-state index in [-0.39, 0.29) is 13.2 Å². The highest BCUT2D eigenvalue weighted by atomic mass is 28.3. The number of rotatable bonds is 14. The number of benzene rings is 2. The minimum absolute atomic E-state index is 0.252. The second kappa shape index (κ2) is 13.9. The molecule has 0 spiro atoms. The first kappa shape index (κ1) is 27.6. The lowest BCUT2D eigenvalue weighted by atomic mass is 9.98. The molecule has 0 atom stereocenters. The van der Waals surface area contributed by atoms with Crippen molar-refractivity contribution >= 4 is 25.2 Å². The maximum absolute atomic E-state index is 12.2. The van der Waals surface area contributed by atoms with Crippen LogP contribution in [0.3, 0.4) is 0 Å². The molecule has 0 aromatic heterocycles. The van der Waals surface area contributed by atoms with Crippen molar-refractivity contribution in [3.8, 4) is 5.75 Å².